The summed E-state index contributed by atoms with van der Waals surface area (Å²) in [7, 11) is 0. The Bertz CT molecular complexity index is 847. The van der Waals surface area contributed by atoms with Gasteiger partial charge in [-0.1, -0.05) is 116 Å². The monoisotopic (exact) mass is 418 g/mol. The molecule has 0 aromatic heterocycles. The second kappa shape index (κ2) is 11.6. The van der Waals surface area contributed by atoms with Crippen LogP contribution in [-0.2, 0) is 4.79 Å². The Balaban J connectivity index is 1.88. The first kappa shape index (κ1) is 22.1. The number of carboxylic acid groups (broad SMARTS) is 1. The van der Waals surface area contributed by atoms with Crippen LogP contribution in [0.15, 0.2) is 91.0 Å². The Morgan fingerprint density at radius 2 is 1.03 bits per heavy atom. The van der Waals surface area contributed by atoms with Crippen LogP contribution < -0.4 is 15.9 Å². The zero-order valence-corrected chi connectivity index (χ0v) is 18.4. The van der Waals surface area contributed by atoms with Crippen molar-refractivity contribution in [1.29, 1.82) is 0 Å². The number of aliphatic carboxylic acids is 1. The van der Waals surface area contributed by atoms with Gasteiger partial charge in [-0.2, -0.15) is 0 Å². The van der Waals surface area contributed by atoms with Crippen molar-refractivity contribution in [3.8, 4) is 0 Å². The first-order valence-corrected chi connectivity index (χ1v) is 12.7. The lowest BCUT2D eigenvalue weighted by molar-refractivity contribution is -0.137. The maximum absolute atomic E-state index is 10.6. The lowest BCUT2D eigenvalue weighted by Gasteiger charge is -2.29. The van der Waals surface area contributed by atoms with Gasteiger partial charge < -0.3 is 5.11 Å². The average Bonchev–Trinajstić information content (AvgIpc) is 2.80. The fraction of sp³-hybridized carbons (Fsp3) is 0.259. The topological polar surface area (TPSA) is 37.3 Å². The van der Waals surface area contributed by atoms with Gasteiger partial charge in [0, 0.05) is 6.42 Å². The molecule has 1 N–H and O–H groups in total. The molecule has 0 aliphatic carbocycles. The van der Waals surface area contributed by atoms with Crippen molar-refractivity contribution in [3.05, 3.63) is 91.0 Å². The van der Waals surface area contributed by atoms with E-state index >= 15 is 0 Å². The lowest BCUT2D eigenvalue weighted by Crippen LogP contribution is -2.26. The largest absolute Gasteiger partial charge is 0.481 e. The summed E-state index contributed by atoms with van der Waals surface area (Å²) in [5.41, 5.74) is 0. The van der Waals surface area contributed by atoms with Crippen LogP contribution in [0, 0.1) is 0 Å². The molecule has 0 atom stereocenters. The molecule has 3 aromatic rings. The van der Waals surface area contributed by atoms with Crippen molar-refractivity contribution in [2.45, 2.75) is 44.9 Å². The number of rotatable bonds is 11. The SMILES string of the molecule is O=C(O)CCCCCCCC=P(c1ccccc1)(c1ccccc1)c1ccccc1. The van der Waals surface area contributed by atoms with Gasteiger partial charge in [-0.05, 0) is 42.1 Å². The van der Waals surface area contributed by atoms with Crippen LogP contribution in [0.25, 0.3) is 0 Å². The van der Waals surface area contributed by atoms with Crippen molar-refractivity contribution in [2.24, 2.45) is 0 Å². The van der Waals surface area contributed by atoms with Gasteiger partial charge in [0.25, 0.3) is 0 Å². The van der Waals surface area contributed by atoms with E-state index in [-0.39, 0.29) is 6.42 Å². The highest BCUT2D eigenvalue weighted by atomic mass is 31.2. The van der Waals surface area contributed by atoms with Gasteiger partial charge in [-0.3, -0.25) is 4.79 Å². The smallest absolute Gasteiger partial charge is 0.303 e. The average molecular weight is 419 g/mol. The minimum Gasteiger partial charge on any atom is -0.481 e. The summed E-state index contributed by atoms with van der Waals surface area (Å²) in [6.45, 7) is -1.83. The van der Waals surface area contributed by atoms with E-state index in [4.69, 9.17) is 5.11 Å². The van der Waals surface area contributed by atoms with Crippen LogP contribution in [0.1, 0.15) is 44.9 Å². The highest BCUT2D eigenvalue weighted by Crippen LogP contribution is 2.44. The van der Waals surface area contributed by atoms with E-state index in [9.17, 15) is 4.79 Å². The molecule has 3 rings (SSSR count). The standard InChI is InChI=1S/C27H31O2P/c28-27(29)22-14-3-1-2-4-15-23-30(24-16-8-5-9-17-24,25-18-10-6-11-19-25)26-20-12-7-13-21-26/h5-13,16-21,23H,1-4,14-15,22H2,(H,28,29). The van der Waals surface area contributed by atoms with E-state index in [0.717, 1.165) is 38.5 Å². The van der Waals surface area contributed by atoms with Crippen molar-refractivity contribution in [3.63, 3.8) is 0 Å². The van der Waals surface area contributed by atoms with E-state index in [2.05, 4.69) is 96.8 Å². The van der Waals surface area contributed by atoms with Crippen molar-refractivity contribution in [2.75, 3.05) is 0 Å². The van der Waals surface area contributed by atoms with Crippen LogP contribution in [0.3, 0.4) is 0 Å². The molecule has 156 valence electrons. The van der Waals surface area contributed by atoms with E-state index < -0.39 is 12.9 Å². The van der Waals surface area contributed by atoms with Gasteiger partial charge in [-0.25, -0.2) is 0 Å². The van der Waals surface area contributed by atoms with Gasteiger partial charge in [0.15, 0.2) is 0 Å². The van der Waals surface area contributed by atoms with Crippen molar-refractivity contribution < 1.29 is 9.90 Å². The van der Waals surface area contributed by atoms with E-state index in [1.807, 2.05) is 0 Å². The molecule has 2 nitrogen and oxygen atoms in total. The number of benzene rings is 3. The van der Waals surface area contributed by atoms with Gasteiger partial charge in [-0.15, -0.1) is 0 Å². The van der Waals surface area contributed by atoms with Crippen molar-refractivity contribution in [1.82, 2.24) is 0 Å². The van der Waals surface area contributed by atoms with E-state index in [1.54, 1.807) is 0 Å². The fourth-order valence-electron chi connectivity index (χ4n) is 3.99. The molecule has 0 amide bonds. The minimum absolute atomic E-state index is 0.288. The second-order valence-electron chi connectivity index (χ2n) is 7.61. The van der Waals surface area contributed by atoms with Gasteiger partial charge >= 0.3 is 5.97 Å². The van der Waals surface area contributed by atoms with Gasteiger partial charge in [0.05, 0.1) is 0 Å². The number of hydrogen-bond donors (Lipinski definition) is 1. The predicted octanol–water partition coefficient (Wildman–Crippen LogP) is 5.60. The third-order valence-corrected chi connectivity index (χ3v) is 9.63. The molecule has 0 fully saturated rings. The Labute approximate surface area is 180 Å². The third kappa shape index (κ3) is 5.74. The van der Waals surface area contributed by atoms with Crippen LogP contribution in [0.2, 0.25) is 0 Å². The Hall–Kier alpha value is -2.57. The minimum atomic E-state index is -1.83. The van der Waals surface area contributed by atoms with Gasteiger partial charge in [0.2, 0.25) is 0 Å². The molecule has 0 radical (unpaired) electrons. The fourth-order valence-corrected chi connectivity index (χ4v) is 8.01. The normalized spacial score (nSPS) is 11.2. The molecule has 0 saturated heterocycles. The molecule has 0 heterocycles. The van der Waals surface area contributed by atoms with Crippen molar-refractivity contribution >= 4 is 34.6 Å². The highest BCUT2D eigenvalue weighted by Gasteiger charge is 2.24. The molecule has 0 saturated carbocycles. The second-order valence-corrected chi connectivity index (χ2v) is 11.0. The molecule has 0 aliphatic rings. The van der Waals surface area contributed by atoms with Crippen LogP contribution in [0.5, 0.6) is 0 Å². The molecule has 0 aliphatic heterocycles. The molecule has 0 bridgehead atoms. The molecule has 0 unspecified atom stereocenters. The summed E-state index contributed by atoms with van der Waals surface area (Å²) in [6.07, 6.45) is 6.53. The Morgan fingerprint density at radius 3 is 1.47 bits per heavy atom. The summed E-state index contributed by atoms with van der Waals surface area (Å²) < 4.78 is 0. The summed E-state index contributed by atoms with van der Waals surface area (Å²) >= 11 is 0. The zero-order valence-electron chi connectivity index (χ0n) is 17.5. The first-order chi connectivity index (χ1) is 14.7. The molecule has 30 heavy (non-hydrogen) atoms. The highest BCUT2D eigenvalue weighted by molar-refractivity contribution is 7.94. The zero-order chi connectivity index (χ0) is 21.1. The summed E-state index contributed by atoms with van der Waals surface area (Å²) in [4.78, 5) is 10.6. The number of carbonyl (C=O) groups is 1. The summed E-state index contributed by atoms with van der Waals surface area (Å²) in [5, 5.41) is 12.9. The number of unbranched alkanes of at least 4 members (excludes halogenated alkanes) is 5. The van der Waals surface area contributed by atoms with Crippen LogP contribution in [0.4, 0.5) is 0 Å². The summed E-state index contributed by atoms with van der Waals surface area (Å²) in [6, 6.07) is 32.8. The number of carboxylic acids is 1. The molecular formula is C27H31O2P. The first-order valence-electron chi connectivity index (χ1n) is 10.9. The quantitative estimate of drug-likeness (QED) is 0.325. The number of hydrogen-bond acceptors (Lipinski definition) is 1. The lowest BCUT2D eigenvalue weighted by atomic mass is 10.1. The Kier molecular flexibility index (Phi) is 8.53. The van der Waals surface area contributed by atoms with Crippen LogP contribution in [-0.4, -0.2) is 16.9 Å². The van der Waals surface area contributed by atoms with Gasteiger partial charge in [0.1, 0.15) is 0 Å². The van der Waals surface area contributed by atoms with E-state index in [0.29, 0.717) is 0 Å². The van der Waals surface area contributed by atoms with Crippen LogP contribution >= 0.6 is 6.89 Å². The third-order valence-electron chi connectivity index (χ3n) is 5.49. The Morgan fingerprint density at radius 1 is 0.633 bits per heavy atom. The molecule has 3 heteroatoms. The predicted molar refractivity (Wildman–Crippen MR) is 131 cm³/mol. The molecule has 0 spiro atoms. The summed E-state index contributed by atoms with van der Waals surface area (Å²) in [5.74, 6) is 1.90. The maximum atomic E-state index is 10.6. The molecule has 3 aromatic carbocycles. The van der Waals surface area contributed by atoms with E-state index in [1.165, 1.54) is 15.9 Å². The molecular weight excluding hydrogens is 387 g/mol. The maximum Gasteiger partial charge on any atom is 0.303 e.